The maximum atomic E-state index is 11.0. The summed E-state index contributed by atoms with van der Waals surface area (Å²) in [4.78, 5) is 13.4. The number of carboxylic acids is 1. The van der Waals surface area contributed by atoms with Gasteiger partial charge in [0.1, 0.15) is 5.75 Å². The molecule has 2 fully saturated rings. The van der Waals surface area contributed by atoms with Crippen molar-refractivity contribution in [3.05, 3.63) is 29.3 Å². The molecule has 4 heteroatoms. The number of carbonyl (C=O) groups is 1. The van der Waals surface area contributed by atoms with Crippen LogP contribution in [0.15, 0.2) is 18.2 Å². The molecule has 20 heavy (non-hydrogen) atoms. The number of nitrogens with zero attached hydrogens (tertiary/aromatic N) is 1. The van der Waals surface area contributed by atoms with Crippen molar-refractivity contribution in [3.63, 3.8) is 0 Å². The molecule has 108 valence electrons. The van der Waals surface area contributed by atoms with Crippen molar-refractivity contribution in [2.75, 3.05) is 13.1 Å². The van der Waals surface area contributed by atoms with Gasteiger partial charge < -0.3 is 10.2 Å². The van der Waals surface area contributed by atoms with Crippen molar-refractivity contribution in [1.29, 1.82) is 0 Å². The molecule has 1 saturated heterocycles. The monoisotopic (exact) mass is 275 g/mol. The fourth-order valence-electron chi connectivity index (χ4n) is 3.74. The number of benzene rings is 1. The molecule has 4 nitrogen and oxygen atoms in total. The predicted octanol–water partition coefficient (Wildman–Crippen LogP) is 2.24. The third-order valence-electron chi connectivity index (χ3n) is 4.86. The largest absolute Gasteiger partial charge is 0.508 e. The summed E-state index contributed by atoms with van der Waals surface area (Å²) >= 11 is 0. The Morgan fingerprint density at radius 3 is 2.50 bits per heavy atom. The van der Waals surface area contributed by atoms with Gasteiger partial charge in [0.05, 0.1) is 5.92 Å². The van der Waals surface area contributed by atoms with Crippen molar-refractivity contribution < 1.29 is 15.0 Å². The summed E-state index contributed by atoms with van der Waals surface area (Å²) in [6.07, 6.45) is 1.66. The molecule has 1 aromatic rings. The van der Waals surface area contributed by atoms with Gasteiger partial charge in [0.15, 0.2) is 0 Å². The van der Waals surface area contributed by atoms with Gasteiger partial charge in [-0.15, -0.1) is 0 Å². The van der Waals surface area contributed by atoms with Crippen LogP contribution in [0.1, 0.15) is 24.0 Å². The summed E-state index contributed by atoms with van der Waals surface area (Å²) in [7, 11) is 0. The van der Waals surface area contributed by atoms with Gasteiger partial charge in [-0.05, 0) is 48.8 Å². The molecular formula is C16H21NO3. The number of likely N-dealkylation sites (tertiary alicyclic amines) is 1. The second kappa shape index (κ2) is 5.09. The van der Waals surface area contributed by atoms with Gasteiger partial charge in [-0.25, -0.2) is 0 Å². The minimum absolute atomic E-state index is 0.129. The van der Waals surface area contributed by atoms with E-state index in [1.165, 1.54) is 0 Å². The number of phenols is 1. The molecule has 1 saturated carbocycles. The third-order valence-corrected chi connectivity index (χ3v) is 4.86. The zero-order valence-electron chi connectivity index (χ0n) is 11.7. The van der Waals surface area contributed by atoms with Gasteiger partial charge in [0, 0.05) is 19.6 Å². The molecule has 0 spiro atoms. The molecule has 1 aromatic carbocycles. The molecule has 3 atom stereocenters. The fourth-order valence-corrected chi connectivity index (χ4v) is 3.74. The SMILES string of the molecule is Cc1ccc(CN2C[C@H]3CC(C(=O)O)C[C@H]3C2)cc1O. The third kappa shape index (κ3) is 2.52. The summed E-state index contributed by atoms with van der Waals surface area (Å²) in [5.41, 5.74) is 2.03. The summed E-state index contributed by atoms with van der Waals surface area (Å²) < 4.78 is 0. The molecule has 0 aromatic heterocycles. The van der Waals surface area contributed by atoms with Crippen molar-refractivity contribution >= 4 is 5.97 Å². The first kappa shape index (κ1) is 13.4. The number of rotatable bonds is 3. The summed E-state index contributed by atoms with van der Waals surface area (Å²) in [6, 6.07) is 5.84. The average molecular weight is 275 g/mol. The van der Waals surface area contributed by atoms with E-state index in [1.54, 1.807) is 0 Å². The van der Waals surface area contributed by atoms with E-state index >= 15 is 0 Å². The number of hydrogen-bond acceptors (Lipinski definition) is 3. The van der Waals surface area contributed by atoms with Crippen molar-refractivity contribution in [1.82, 2.24) is 4.90 Å². The first-order valence-corrected chi connectivity index (χ1v) is 7.26. The number of phenolic OH excluding ortho intramolecular Hbond substituents is 1. The van der Waals surface area contributed by atoms with Crippen LogP contribution in [-0.2, 0) is 11.3 Å². The topological polar surface area (TPSA) is 60.8 Å². The quantitative estimate of drug-likeness (QED) is 0.888. The minimum Gasteiger partial charge on any atom is -0.508 e. The van der Waals surface area contributed by atoms with Gasteiger partial charge in [0.25, 0.3) is 0 Å². The smallest absolute Gasteiger partial charge is 0.306 e. The van der Waals surface area contributed by atoms with Crippen molar-refractivity contribution in [2.24, 2.45) is 17.8 Å². The second-order valence-electron chi connectivity index (χ2n) is 6.34. The molecule has 2 aliphatic rings. The molecule has 1 aliphatic carbocycles. The average Bonchev–Trinajstić information content (AvgIpc) is 2.91. The van der Waals surface area contributed by atoms with E-state index in [2.05, 4.69) is 11.0 Å². The molecule has 0 radical (unpaired) electrons. The summed E-state index contributed by atoms with van der Waals surface area (Å²) in [5, 5.41) is 18.8. The summed E-state index contributed by atoms with van der Waals surface area (Å²) in [5.74, 6) is 0.670. The molecule has 3 rings (SSSR count). The van der Waals surface area contributed by atoms with Crippen LogP contribution < -0.4 is 0 Å². The lowest BCUT2D eigenvalue weighted by Gasteiger charge is -2.18. The Labute approximate surface area is 119 Å². The normalized spacial score (nSPS) is 29.6. The molecule has 1 heterocycles. The molecule has 2 N–H and O–H groups in total. The predicted molar refractivity (Wildman–Crippen MR) is 75.5 cm³/mol. The minimum atomic E-state index is -0.630. The van der Waals surface area contributed by atoms with Crippen LogP contribution in [0.25, 0.3) is 0 Å². The van der Waals surface area contributed by atoms with E-state index in [-0.39, 0.29) is 5.92 Å². The zero-order chi connectivity index (χ0) is 14.3. The maximum absolute atomic E-state index is 11.0. The number of aromatic hydroxyl groups is 1. The van der Waals surface area contributed by atoms with Gasteiger partial charge in [-0.3, -0.25) is 9.69 Å². The number of aryl methyl sites for hydroxylation is 1. The lowest BCUT2D eigenvalue weighted by Crippen LogP contribution is -2.23. The van der Waals surface area contributed by atoms with Crippen LogP contribution in [0, 0.1) is 24.7 Å². The van der Waals surface area contributed by atoms with Crippen LogP contribution in [-0.4, -0.2) is 34.2 Å². The Hall–Kier alpha value is -1.55. The lowest BCUT2D eigenvalue weighted by molar-refractivity contribution is -0.141. The number of fused-ring (bicyclic) bond motifs is 1. The second-order valence-corrected chi connectivity index (χ2v) is 6.34. The molecular weight excluding hydrogens is 254 g/mol. The Bertz CT molecular complexity index is 514. The number of hydrogen-bond donors (Lipinski definition) is 2. The Balaban J connectivity index is 1.60. The standard InChI is InChI=1S/C16H21NO3/c1-10-2-3-11(4-15(10)18)7-17-8-13-5-12(16(19)20)6-14(13)9-17/h2-4,12-14,18H,5-9H2,1H3,(H,19,20)/t12?,13-,14+. The number of carboxylic acid groups (broad SMARTS) is 1. The van der Waals surface area contributed by atoms with E-state index in [0.717, 1.165) is 43.6 Å². The van der Waals surface area contributed by atoms with Crippen molar-refractivity contribution in [3.8, 4) is 5.75 Å². The molecule has 1 unspecified atom stereocenters. The lowest BCUT2D eigenvalue weighted by atomic mass is 10.0. The van der Waals surface area contributed by atoms with Gasteiger partial charge >= 0.3 is 5.97 Å². The van der Waals surface area contributed by atoms with E-state index < -0.39 is 5.97 Å². The highest BCUT2D eigenvalue weighted by Gasteiger charge is 2.43. The first-order valence-electron chi connectivity index (χ1n) is 7.26. The molecule has 0 bridgehead atoms. The Kier molecular flexibility index (Phi) is 3.42. The fraction of sp³-hybridized carbons (Fsp3) is 0.562. The Morgan fingerprint density at radius 1 is 1.30 bits per heavy atom. The van der Waals surface area contributed by atoms with Crippen LogP contribution in [0.2, 0.25) is 0 Å². The van der Waals surface area contributed by atoms with Crippen LogP contribution in [0.4, 0.5) is 0 Å². The highest BCUT2D eigenvalue weighted by Crippen LogP contribution is 2.42. The first-order chi connectivity index (χ1) is 9.52. The number of aliphatic carboxylic acids is 1. The van der Waals surface area contributed by atoms with E-state index in [4.69, 9.17) is 5.11 Å². The highest BCUT2D eigenvalue weighted by molar-refractivity contribution is 5.70. The van der Waals surface area contributed by atoms with E-state index in [1.807, 2.05) is 19.1 Å². The van der Waals surface area contributed by atoms with Crippen LogP contribution in [0.3, 0.4) is 0 Å². The van der Waals surface area contributed by atoms with E-state index in [0.29, 0.717) is 17.6 Å². The van der Waals surface area contributed by atoms with Crippen molar-refractivity contribution in [2.45, 2.75) is 26.3 Å². The summed E-state index contributed by atoms with van der Waals surface area (Å²) in [6.45, 7) is 4.72. The van der Waals surface area contributed by atoms with Crippen LogP contribution >= 0.6 is 0 Å². The Morgan fingerprint density at radius 2 is 1.95 bits per heavy atom. The van der Waals surface area contributed by atoms with Gasteiger partial charge in [0.2, 0.25) is 0 Å². The van der Waals surface area contributed by atoms with Crippen LogP contribution in [0.5, 0.6) is 5.75 Å². The highest BCUT2D eigenvalue weighted by atomic mass is 16.4. The molecule has 0 amide bonds. The zero-order valence-corrected chi connectivity index (χ0v) is 11.7. The molecule has 1 aliphatic heterocycles. The van der Waals surface area contributed by atoms with Gasteiger partial charge in [-0.2, -0.15) is 0 Å². The van der Waals surface area contributed by atoms with E-state index in [9.17, 15) is 9.90 Å². The maximum Gasteiger partial charge on any atom is 0.306 e. The van der Waals surface area contributed by atoms with Gasteiger partial charge in [-0.1, -0.05) is 12.1 Å².